The highest BCUT2D eigenvalue weighted by molar-refractivity contribution is 6.30. The largest absolute Gasteiger partial charge is 0.325 e. The van der Waals surface area contributed by atoms with E-state index in [1.54, 1.807) is 6.07 Å². The molecule has 0 bridgehead atoms. The van der Waals surface area contributed by atoms with Crippen molar-refractivity contribution in [2.24, 2.45) is 0 Å². The van der Waals surface area contributed by atoms with E-state index in [-0.39, 0.29) is 24.3 Å². The van der Waals surface area contributed by atoms with Gasteiger partial charge in [-0.05, 0) is 48.9 Å². The third-order valence-corrected chi connectivity index (χ3v) is 3.28. The Bertz CT molecular complexity index is 616. The third-order valence-electron chi connectivity index (χ3n) is 3.05. The van der Waals surface area contributed by atoms with Crippen LogP contribution < -0.4 is 10.6 Å². The number of nitrogens with one attached hydrogen (secondary N) is 2. The average Bonchev–Trinajstić information content (AvgIpc) is 2.47. The van der Waals surface area contributed by atoms with Crippen molar-refractivity contribution in [1.82, 2.24) is 5.32 Å². The molecule has 110 valence electrons. The van der Waals surface area contributed by atoms with E-state index in [0.717, 1.165) is 5.56 Å². The third kappa shape index (κ3) is 4.85. The standard InChI is InChI=1S/C16H16ClFN2O/c1-11(12-3-2-4-13(17)9-12)19-10-16(21)20-15-7-5-14(18)6-8-15/h2-9,11,19H,10H2,1H3,(H,20,21). The quantitative estimate of drug-likeness (QED) is 0.883. The molecule has 0 spiro atoms. The SMILES string of the molecule is CC(NCC(=O)Nc1ccc(F)cc1)c1cccc(Cl)c1. The van der Waals surface area contributed by atoms with Crippen LogP contribution in [0.4, 0.5) is 10.1 Å². The summed E-state index contributed by atoms with van der Waals surface area (Å²) in [5, 5.41) is 6.47. The lowest BCUT2D eigenvalue weighted by molar-refractivity contribution is -0.115. The van der Waals surface area contributed by atoms with Gasteiger partial charge < -0.3 is 10.6 Å². The Morgan fingerprint density at radius 3 is 2.62 bits per heavy atom. The van der Waals surface area contributed by atoms with Crippen molar-refractivity contribution in [3.8, 4) is 0 Å². The van der Waals surface area contributed by atoms with Gasteiger partial charge in [-0.2, -0.15) is 0 Å². The van der Waals surface area contributed by atoms with Crippen LogP contribution in [-0.2, 0) is 4.79 Å². The summed E-state index contributed by atoms with van der Waals surface area (Å²) in [6, 6.07) is 13.1. The summed E-state index contributed by atoms with van der Waals surface area (Å²) in [5.41, 5.74) is 1.58. The minimum Gasteiger partial charge on any atom is -0.325 e. The van der Waals surface area contributed by atoms with E-state index in [9.17, 15) is 9.18 Å². The van der Waals surface area contributed by atoms with Gasteiger partial charge in [-0.25, -0.2) is 4.39 Å². The summed E-state index contributed by atoms with van der Waals surface area (Å²) in [7, 11) is 0. The summed E-state index contributed by atoms with van der Waals surface area (Å²) in [6.45, 7) is 2.11. The van der Waals surface area contributed by atoms with E-state index >= 15 is 0 Å². The highest BCUT2D eigenvalue weighted by atomic mass is 35.5. The molecule has 2 N–H and O–H groups in total. The van der Waals surface area contributed by atoms with Gasteiger partial charge in [-0.1, -0.05) is 23.7 Å². The fourth-order valence-corrected chi connectivity index (χ4v) is 2.08. The topological polar surface area (TPSA) is 41.1 Å². The van der Waals surface area contributed by atoms with Crippen LogP contribution in [0.2, 0.25) is 5.02 Å². The zero-order valence-electron chi connectivity index (χ0n) is 11.6. The summed E-state index contributed by atoms with van der Waals surface area (Å²) >= 11 is 5.93. The number of carbonyl (C=O) groups excluding carboxylic acids is 1. The predicted octanol–water partition coefficient (Wildman–Crippen LogP) is 3.77. The summed E-state index contributed by atoms with van der Waals surface area (Å²) in [6.07, 6.45) is 0. The van der Waals surface area contributed by atoms with Crippen molar-refractivity contribution in [2.75, 3.05) is 11.9 Å². The zero-order valence-corrected chi connectivity index (χ0v) is 12.3. The molecular weight excluding hydrogens is 291 g/mol. The maximum atomic E-state index is 12.8. The second-order valence-electron chi connectivity index (χ2n) is 4.71. The lowest BCUT2D eigenvalue weighted by Gasteiger charge is -2.14. The van der Waals surface area contributed by atoms with E-state index in [1.165, 1.54) is 24.3 Å². The fraction of sp³-hybridized carbons (Fsp3) is 0.188. The Labute approximate surface area is 128 Å². The Kier molecular flexibility index (Phi) is 5.31. The van der Waals surface area contributed by atoms with Gasteiger partial charge in [-0.15, -0.1) is 0 Å². The van der Waals surface area contributed by atoms with Crippen LogP contribution in [0, 0.1) is 5.82 Å². The highest BCUT2D eigenvalue weighted by Gasteiger charge is 2.08. The van der Waals surface area contributed by atoms with Crippen molar-refractivity contribution >= 4 is 23.2 Å². The number of halogens is 2. The fourth-order valence-electron chi connectivity index (χ4n) is 1.88. The van der Waals surface area contributed by atoms with Crippen LogP contribution >= 0.6 is 11.6 Å². The average molecular weight is 307 g/mol. The van der Waals surface area contributed by atoms with Crippen molar-refractivity contribution in [3.63, 3.8) is 0 Å². The minimum atomic E-state index is -0.333. The van der Waals surface area contributed by atoms with E-state index in [2.05, 4.69) is 10.6 Å². The van der Waals surface area contributed by atoms with Gasteiger partial charge in [0.15, 0.2) is 0 Å². The molecule has 0 fully saturated rings. The summed E-state index contributed by atoms with van der Waals surface area (Å²) in [5.74, 6) is -0.517. The molecule has 0 aliphatic rings. The van der Waals surface area contributed by atoms with Gasteiger partial charge in [-0.3, -0.25) is 4.79 Å². The number of benzene rings is 2. The van der Waals surface area contributed by atoms with Crippen LogP contribution in [0.1, 0.15) is 18.5 Å². The maximum absolute atomic E-state index is 12.8. The summed E-state index contributed by atoms with van der Waals surface area (Å²) in [4.78, 5) is 11.8. The van der Waals surface area contributed by atoms with Crippen LogP contribution in [0.3, 0.4) is 0 Å². The lowest BCUT2D eigenvalue weighted by atomic mass is 10.1. The maximum Gasteiger partial charge on any atom is 0.238 e. The molecule has 1 atom stereocenters. The van der Waals surface area contributed by atoms with Gasteiger partial charge in [0.05, 0.1) is 6.54 Å². The molecule has 0 radical (unpaired) electrons. The Morgan fingerprint density at radius 1 is 1.24 bits per heavy atom. The van der Waals surface area contributed by atoms with Crippen LogP contribution in [0.25, 0.3) is 0 Å². The lowest BCUT2D eigenvalue weighted by Crippen LogP contribution is -2.30. The molecule has 0 saturated carbocycles. The van der Waals surface area contributed by atoms with Gasteiger partial charge in [0.2, 0.25) is 5.91 Å². The Hall–Kier alpha value is -1.91. The van der Waals surface area contributed by atoms with Gasteiger partial charge >= 0.3 is 0 Å². The van der Waals surface area contributed by atoms with Crippen molar-refractivity contribution in [2.45, 2.75) is 13.0 Å². The molecule has 2 aromatic rings. The van der Waals surface area contributed by atoms with Crippen molar-refractivity contribution < 1.29 is 9.18 Å². The molecule has 0 aliphatic carbocycles. The number of carbonyl (C=O) groups is 1. The molecule has 1 unspecified atom stereocenters. The first kappa shape index (κ1) is 15.5. The molecule has 21 heavy (non-hydrogen) atoms. The van der Waals surface area contributed by atoms with Crippen LogP contribution in [0.5, 0.6) is 0 Å². The molecule has 1 amide bonds. The van der Waals surface area contributed by atoms with Crippen LogP contribution in [-0.4, -0.2) is 12.5 Å². The normalized spacial score (nSPS) is 12.0. The molecule has 0 heterocycles. The summed E-state index contributed by atoms with van der Waals surface area (Å²) < 4.78 is 12.8. The van der Waals surface area contributed by atoms with E-state index < -0.39 is 0 Å². The van der Waals surface area contributed by atoms with E-state index in [4.69, 9.17) is 11.6 Å². The number of rotatable bonds is 5. The van der Waals surface area contributed by atoms with Crippen LogP contribution in [0.15, 0.2) is 48.5 Å². The van der Waals surface area contributed by atoms with Crippen molar-refractivity contribution in [3.05, 3.63) is 64.9 Å². The van der Waals surface area contributed by atoms with Gasteiger partial charge in [0.1, 0.15) is 5.82 Å². The molecule has 0 aromatic heterocycles. The van der Waals surface area contributed by atoms with Gasteiger partial charge in [0.25, 0.3) is 0 Å². The molecule has 2 rings (SSSR count). The zero-order chi connectivity index (χ0) is 15.2. The number of hydrogen-bond acceptors (Lipinski definition) is 2. The predicted molar refractivity (Wildman–Crippen MR) is 82.9 cm³/mol. The van der Waals surface area contributed by atoms with E-state index in [1.807, 2.05) is 25.1 Å². The molecule has 0 saturated heterocycles. The van der Waals surface area contributed by atoms with E-state index in [0.29, 0.717) is 10.7 Å². The minimum absolute atomic E-state index is 0.00247. The Balaban J connectivity index is 1.84. The Morgan fingerprint density at radius 2 is 1.95 bits per heavy atom. The molecule has 3 nitrogen and oxygen atoms in total. The molecular formula is C16H16ClFN2O. The van der Waals surface area contributed by atoms with Crippen molar-refractivity contribution in [1.29, 1.82) is 0 Å². The molecule has 5 heteroatoms. The first-order valence-electron chi connectivity index (χ1n) is 6.59. The first-order valence-corrected chi connectivity index (χ1v) is 6.96. The number of anilines is 1. The highest BCUT2D eigenvalue weighted by Crippen LogP contribution is 2.17. The number of amides is 1. The smallest absolute Gasteiger partial charge is 0.238 e. The monoisotopic (exact) mass is 306 g/mol. The van der Waals surface area contributed by atoms with Gasteiger partial charge in [0, 0.05) is 16.8 Å². The number of hydrogen-bond donors (Lipinski definition) is 2. The second kappa shape index (κ2) is 7.20. The second-order valence-corrected chi connectivity index (χ2v) is 5.15. The molecule has 2 aromatic carbocycles. The first-order chi connectivity index (χ1) is 10.0. The molecule has 0 aliphatic heterocycles.